The molecule has 1 aromatic heterocycles. The minimum atomic E-state index is -0.806. The van der Waals surface area contributed by atoms with Crippen LogP contribution in [0.3, 0.4) is 0 Å². The Kier molecular flexibility index (Phi) is 4.62. The summed E-state index contributed by atoms with van der Waals surface area (Å²) < 4.78 is 5.05. The van der Waals surface area contributed by atoms with E-state index in [2.05, 4.69) is 4.98 Å². The lowest BCUT2D eigenvalue weighted by Crippen LogP contribution is -2.09. The number of ether oxygens (including phenoxy) is 1. The number of aliphatic hydroxyl groups is 1. The molecule has 1 rings (SSSR count). The molecule has 1 aromatic rings. The Bertz CT molecular complexity index is 307. The lowest BCUT2D eigenvalue weighted by atomic mass is 10.2. The number of pyridine rings is 1. The van der Waals surface area contributed by atoms with E-state index >= 15 is 0 Å². The van der Waals surface area contributed by atoms with Gasteiger partial charge in [-0.2, -0.15) is 0 Å². The zero-order chi connectivity index (χ0) is 10.6. The molecule has 1 atom stereocenters. The standard InChI is InChI=1S/C9H11Cl2NO2/c1-2-14-5-8(13)9-7(11)3-6(10)4-12-9/h3-4,8,13H,2,5H2,1H3. The normalized spacial score (nSPS) is 12.9. The molecule has 0 aliphatic heterocycles. The maximum atomic E-state index is 9.61. The van der Waals surface area contributed by atoms with Gasteiger partial charge < -0.3 is 9.84 Å². The number of aliphatic hydroxyl groups excluding tert-OH is 1. The molecule has 78 valence electrons. The van der Waals surface area contributed by atoms with Crippen molar-refractivity contribution in [3.05, 3.63) is 28.0 Å². The zero-order valence-corrected chi connectivity index (χ0v) is 9.22. The summed E-state index contributed by atoms with van der Waals surface area (Å²) in [7, 11) is 0. The van der Waals surface area contributed by atoms with Crippen LogP contribution in [0.4, 0.5) is 0 Å². The first-order chi connectivity index (χ1) is 6.65. The number of nitrogens with zero attached hydrogens (tertiary/aromatic N) is 1. The van der Waals surface area contributed by atoms with Gasteiger partial charge in [-0.25, -0.2) is 0 Å². The van der Waals surface area contributed by atoms with E-state index in [4.69, 9.17) is 27.9 Å². The Morgan fingerprint density at radius 1 is 1.57 bits per heavy atom. The molecular weight excluding hydrogens is 225 g/mol. The van der Waals surface area contributed by atoms with Gasteiger partial charge >= 0.3 is 0 Å². The number of aromatic nitrogens is 1. The van der Waals surface area contributed by atoms with Crippen LogP contribution in [0.25, 0.3) is 0 Å². The fourth-order valence-electron chi connectivity index (χ4n) is 0.979. The first-order valence-corrected chi connectivity index (χ1v) is 4.97. The van der Waals surface area contributed by atoms with Gasteiger partial charge in [-0.15, -0.1) is 0 Å². The smallest absolute Gasteiger partial charge is 0.121 e. The number of rotatable bonds is 4. The van der Waals surface area contributed by atoms with Gasteiger partial charge in [0.1, 0.15) is 6.10 Å². The van der Waals surface area contributed by atoms with Crippen LogP contribution in [-0.2, 0) is 4.74 Å². The summed E-state index contributed by atoms with van der Waals surface area (Å²) in [6, 6.07) is 1.54. The van der Waals surface area contributed by atoms with E-state index < -0.39 is 6.10 Å². The molecule has 0 radical (unpaired) electrons. The van der Waals surface area contributed by atoms with Crippen LogP contribution < -0.4 is 0 Å². The Labute approximate surface area is 92.6 Å². The van der Waals surface area contributed by atoms with Crippen LogP contribution >= 0.6 is 23.2 Å². The second-order valence-electron chi connectivity index (χ2n) is 2.70. The molecule has 3 nitrogen and oxygen atoms in total. The maximum Gasteiger partial charge on any atom is 0.121 e. The van der Waals surface area contributed by atoms with Crippen molar-refractivity contribution in [1.82, 2.24) is 4.98 Å². The van der Waals surface area contributed by atoms with Crippen molar-refractivity contribution in [3.8, 4) is 0 Å². The molecule has 0 aromatic carbocycles. The molecule has 0 bridgehead atoms. The van der Waals surface area contributed by atoms with E-state index in [0.29, 0.717) is 22.3 Å². The molecule has 0 aliphatic carbocycles. The fourth-order valence-corrected chi connectivity index (χ4v) is 1.48. The minimum Gasteiger partial charge on any atom is -0.384 e. The quantitative estimate of drug-likeness (QED) is 0.873. The Hall–Kier alpha value is -0.350. The Morgan fingerprint density at radius 3 is 2.86 bits per heavy atom. The molecule has 0 amide bonds. The maximum absolute atomic E-state index is 9.61. The van der Waals surface area contributed by atoms with Crippen LogP contribution in [0.5, 0.6) is 0 Å². The van der Waals surface area contributed by atoms with Crippen LogP contribution in [0, 0.1) is 0 Å². The first-order valence-electron chi connectivity index (χ1n) is 4.22. The third kappa shape index (κ3) is 3.10. The molecule has 0 spiro atoms. The molecule has 1 heterocycles. The highest BCUT2D eigenvalue weighted by atomic mass is 35.5. The van der Waals surface area contributed by atoms with Gasteiger partial charge in [-0.3, -0.25) is 4.98 Å². The average molecular weight is 236 g/mol. The fraction of sp³-hybridized carbons (Fsp3) is 0.444. The summed E-state index contributed by atoms with van der Waals surface area (Å²) >= 11 is 11.5. The molecule has 0 fully saturated rings. The number of halogens is 2. The highest BCUT2D eigenvalue weighted by Crippen LogP contribution is 2.23. The highest BCUT2D eigenvalue weighted by Gasteiger charge is 2.13. The van der Waals surface area contributed by atoms with Crippen molar-refractivity contribution in [1.29, 1.82) is 0 Å². The van der Waals surface area contributed by atoms with Gasteiger partial charge in [-0.1, -0.05) is 23.2 Å². The number of hydrogen-bond acceptors (Lipinski definition) is 3. The Morgan fingerprint density at radius 2 is 2.29 bits per heavy atom. The van der Waals surface area contributed by atoms with Crippen molar-refractivity contribution < 1.29 is 9.84 Å². The van der Waals surface area contributed by atoms with Crippen molar-refractivity contribution in [3.63, 3.8) is 0 Å². The highest BCUT2D eigenvalue weighted by molar-refractivity contribution is 6.34. The minimum absolute atomic E-state index is 0.185. The second kappa shape index (κ2) is 5.51. The van der Waals surface area contributed by atoms with Crippen LogP contribution in [0.2, 0.25) is 10.0 Å². The first kappa shape index (κ1) is 11.7. The molecule has 5 heteroatoms. The van der Waals surface area contributed by atoms with Gasteiger partial charge in [0.15, 0.2) is 0 Å². The second-order valence-corrected chi connectivity index (χ2v) is 3.54. The summed E-state index contributed by atoms with van der Waals surface area (Å²) in [5.41, 5.74) is 0.393. The molecule has 14 heavy (non-hydrogen) atoms. The SMILES string of the molecule is CCOCC(O)c1ncc(Cl)cc1Cl. The lowest BCUT2D eigenvalue weighted by molar-refractivity contribution is 0.0398. The van der Waals surface area contributed by atoms with Crippen molar-refractivity contribution >= 4 is 23.2 Å². The van der Waals surface area contributed by atoms with Crippen molar-refractivity contribution in [2.24, 2.45) is 0 Å². The third-order valence-corrected chi connectivity index (χ3v) is 2.14. The van der Waals surface area contributed by atoms with Crippen molar-refractivity contribution in [2.75, 3.05) is 13.2 Å². The zero-order valence-electron chi connectivity index (χ0n) is 7.70. The summed E-state index contributed by atoms with van der Waals surface area (Å²) in [5, 5.41) is 10.4. The predicted octanol–water partition coefficient (Wildman–Crippen LogP) is 2.46. The molecule has 0 saturated carbocycles. The van der Waals surface area contributed by atoms with E-state index in [-0.39, 0.29) is 6.61 Å². The van der Waals surface area contributed by atoms with Gasteiger partial charge in [0.25, 0.3) is 0 Å². The van der Waals surface area contributed by atoms with Crippen LogP contribution in [-0.4, -0.2) is 23.3 Å². The van der Waals surface area contributed by atoms with Crippen LogP contribution in [0.1, 0.15) is 18.7 Å². The van der Waals surface area contributed by atoms with E-state index in [1.165, 1.54) is 6.20 Å². The summed E-state index contributed by atoms with van der Waals surface area (Å²) in [4.78, 5) is 3.94. The monoisotopic (exact) mass is 235 g/mol. The topological polar surface area (TPSA) is 42.4 Å². The molecule has 1 N–H and O–H groups in total. The van der Waals surface area contributed by atoms with Crippen LogP contribution in [0.15, 0.2) is 12.3 Å². The number of hydrogen-bond donors (Lipinski definition) is 1. The molecule has 0 saturated heterocycles. The summed E-state index contributed by atoms with van der Waals surface area (Å²) in [5.74, 6) is 0. The van der Waals surface area contributed by atoms with E-state index in [1.807, 2.05) is 6.92 Å². The molecule has 1 unspecified atom stereocenters. The van der Waals surface area contributed by atoms with Gasteiger partial charge in [-0.05, 0) is 13.0 Å². The van der Waals surface area contributed by atoms with E-state index in [1.54, 1.807) is 6.07 Å². The Balaban J connectivity index is 2.74. The van der Waals surface area contributed by atoms with Gasteiger partial charge in [0.05, 0.1) is 22.3 Å². The van der Waals surface area contributed by atoms with Gasteiger partial charge in [0, 0.05) is 12.8 Å². The average Bonchev–Trinajstić information content (AvgIpc) is 2.14. The van der Waals surface area contributed by atoms with Gasteiger partial charge in [0.2, 0.25) is 0 Å². The molecule has 0 aliphatic rings. The lowest BCUT2D eigenvalue weighted by Gasteiger charge is -2.11. The van der Waals surface area contributed by atoms with E-state index in [0.717, 1.165) is 0 Å². The van der Waals surface area contributed by atoms with Crippen molar-refractivity contribution in [2.45, 2.75) is 13.0 Å². The van der Waals surface area contributed by atoms with E-state index in [9.17, 15) is 5.11 Å². The third-order valence-electron chi connectivity index (χ3n) is 1.63. The predicted molar refractivity (Wildman–Crippen MR) is 55.7 cm³/mol. The summed E-state index contributed by atoms with van der Waals surface area (Å²) in [6.07, 6.45) is 0.637. The molecular formula is C9H11Cl2NO2. The summed E-state index contributed by atoms with van der Waals surface area (Å²) in [6.45, 7) is 2.58. The largest absolute Gasteiger partial charge is 0.384 e.